The van der Waals surface area contributed by atoms with Crippen molar-refractivity contribution in [3.05, 3.63) is 0 Å². The van der Waals surface area contributed by atoms with Crippen LogP contribution in [0, 0.1) is 0 Å². The average Bonchev–Trinajstić information content (AvgIpc) is 2.85. The summed E-state index contributed by atoms with van der Waals surface area (Å²) in [4.78, 5) is 0. The van der Waals surface area contributed by atoms with Gasteiger partial charge >= 0.3 is 0 Å². The first kappa shape index (κ1) is 12.7. The van der Waals surface area contributed by atoms with Crippen molar-refractivity contribution in [3.63, 3.8) is 0 Å². The Morgan fingerprint density at radius 3 is 2.88 bits per heavy atom. The largest absolute Gasteiger partial charge is 0.347 e. The van der Waals surface area contributed by atoms with Crippen LogP contribution in [0.4, 0.5) is 0 Å². The molecule has 1 spiro atoms. The Hall–Kier alpha value is 0.230. The van der Waals surface area contributed by atoms with E-state index in [0.29, 0.717) is 12.1 Å². The first-order valence-electron chi connectivity index (χ1n) is 6.35. The summed E-state index contributed by atoms with van der Waals surface area (Å²) < 4.78 is 11.9. The van der Waals surface area contributed by atoms with Crippen molar-refractivity contribution in [2.24, 2.45) is 5.73 Å². The third kappa shape index (κ3) is 3.36. The molecule has 4 heteroatoms. The molecule has 3 nitrogen and oxygen atoms in total. The van der Waals surface area contributed by atoms with E-state index in [1.165, 1.54) is 12.8 Å². The Bertz CT molecular complexity index is 217. The highest BCUT2D eigenvalue weighted by Gasteiger charge is 2.43. The van der Waals surface area contributed by atoms with E-state index in [0.717, 1.165) is 37.4 Å². The van der Waals surface area contributed by atoms with E-state index in [-0.39, 0.29) is 5.79 Å². The molecular weight excluding hydrogens is 222 g/mol. The van der Waals surface area contributed by atoms with Crippen LogP contribution in [0.1, 0.15) is 39.0 Å². The molecule has 2 unspecified atom stereocenters. The normalized spacial score (nSPS) is 30.0. The Kier molecular flexibility index (Phi) is 4.53. The first-order valence-corrected chi connectivity index (χ1v) is 7.51. The van der Waals surface area contributed by atoms with Crippen molar-refractivity contribution >= 4 is 11.8 Å². The summed E-state index contributed by atoms with van der Waals surface area (Å²) in [6.07, 6.45) is 6.08. The highest BCUT2D eigenvalue weighted by Crippen LogP contribution is 2.39. The summed E-state index contributed by atoms with van der Waals surface area (Å²) in [6, 6.07) is 0.314. The molecule has 1 aliphatic heterocycles. The summed E-state index contributed by atoms with van der Waals surface area (Å²) in [7, 11) is 0. The molecule has 1 saturated carbocycles. The van der Waals surface area contributed by atoms with E-state index in [9.17, 15) is 0 Å². The summed E-state index contributed by atoms with van der Waals surface area (Å²) in [6.45, 7) is 2.84. The van der Waals surface area contributed by atoms with Crippen LogP contribution in [0.25, 0.3) is 0 Å². The number of hydrogen-bond donors (Lipinski definition) is 1. The van der Waals surface area contributed by atoms with Gasteiger partial charge in [0.05, 0.1) is 12.7 Å². The summed E-state index contributed by atoms with van der Waals surface area (Å²) >= 11 is 1.94. The molecule has 2 rings (SSSR count). The van der Waals surface area contributed by atoms with Gasteiger partial charge in [-0.1, -0.05) is 0 Å². The van der Waals surface area contributed by atoms with Gasteiger partial charge in [-0.3, -0.25) is 0 Å². The van der Waals surface area contributed by atoms with E-state index in [1.54, 1.807) is 0 Å². The molecule has 2 atom stereocenters. The van der Waals surface area contributed by atoms with Crippen LogP contribution < -0.4 is 5.73 Å². The maximum Gasteiger partial charge on any atom is 0.168 e. The van der Waals surface area contributed by atoms with Gasteiger partial charge in [-0.2, -0.15) is 11.8 Å². The van der Waals surface area contributed by atoms with Gasteiger partial charge in [0.1, 0.15) is 0 Å². The lowest BCUT2D eigenvalue weighted by atomic mass is 10.2. The lowest BCUT2D eigenvalue weighted by Gasteiger charge is -2.21. The van der Waals surface area contributed by atoms with Gasteiger partial charge in [-0.15, -0.1) is 0 Å². The third-order valence-corrected chi connectivity index (χ3v) is 4.43. The minimum atomic E-state index is -0.188. The van der Waals surface area contributed by atoms with E-state index in [4.69, 9.17) is 15.2 Å². The smallest absolute Gasteiger partial charge is 0.168 e. The van der Waals surface area contributed by atoms with Crippen LogP contribution in [0.15, 0.2) is 0 Å². The van der Waals surface area contributed by atoms with Crippen LogP contribution in [0.5, 0.6) is 0 Å². The summed E-state index contributed by atoms with van der Waals surface area (Å²) in [5, 5.41) is 0. The SMILES string of the molecule is CC(N)CCSCC1COC2(CCCC2)O1. The van der Waals surface area contributed by atoms with Crippen LogP contribution in [0.3, 0.4) is 0 Å². The monoisotopic (exact) mass is 245 g/mol. The van der Waals surface area contributed by atoms with Gasteiger partial charge in [0.15, 0.2) is 5.79 Å². The Balaban J connectivity index is 1.61. The number of thioether (sulfide) groups is 1. The lowest BCUT2D eigenvalue weighted by molar-refractivity contribution is -0.159. The van der Waals surface area contributed by atoms with E-state index in [2.05, 4.69) is 6.92 Å². The zero-order valence-corrected chi connectivity index (χ0v) is 10.9. The van der Waals surface area contributed by atoms with Gasteiger partial charge in [0, 0.05) is 24.6 Å². The van der Waals surface area contributed by atoms with Gasteiger partial charge in [0.25, 0.3) is 0 Å². The molecule has 1 aliphatic carbocycles. The predicted molar refractivity (Wildman–Crippen MR) is 67.6 cm³/mol. The molecule has 0 bridgehead atoms. The van der Waals surface area contributed by atoms with Crippen molar-refractivity contribution in [3.8, 4) is 0 Å². The number of hydrogen-bond acceptors (Lipinski definition) is 4. The van der Waals surface area contributed by atoms with Crippen LogP contribution in [-0.2, 0) is 9.47 Å². The minimum Gasteiger partial charge on any atom is -0.347 e. The average molecular weight is 245 g/mol. The number of rotatable bonds is 5. The molecule has 16 heavy (non-hydrogen) atoms. The second kappa shape index (κ2) is 5.71. The fourth-order valence-electron chi connectivity index (χ4n) is 2.36. The fraction of sp³-hybridized carbons (Fsp3) is 1.00. The second-order valence-electron chi connectivity index (χ2n) is 5.01. The number of nitrogens with two attached hydrogens (primary N) is 1. The predicted octanol–water partition coefficient (Wildman–Crippen LogP) is 2.14. The highest BCUT2D eigenvalue weighted by molar-refractivity contribution is 7.99. The van der Waals surface area contributed by atoms with Crippen LogP contribution in [-0.4, -0.2) is 36.0 Å². The molecule has 2 fully saturated rings. The van der Waals surface area contributed by atoms with Crippen molar-refractivity contribution in [1.82, 2.24) is 0 Å². The minimum absolute atomic E-state index is 0.188. The van der Waals surface area contributed by atoms with Crippen molar-refractivity contribution in [1.29, 1.82) is 0 Å². The van der Waals surface area contributed by atoms with E-state index < -0.39 is 0 Å². The van der Waals surface area contributed by atoms with E-state index >= 15 is 0 Å². The highest BCUT2D eigenvalue weighted by atomic mass is 32.2. The lowest BCUT2D eigenvalue weighted by Crippen LogP contribution is -2.27. The van der Waals surface area contributed by atoms with Crippen molar-refractivity contribution in [2.45, 2.75) is 57.0 Å². The topological polar surface area (TPSA) is 44.5 Å². The molecule has 2 aliphatic rings. The maximum atomic E-state index is 6.04. The molecular formula is C12H23NO2S. The fourth-order valence-corrected chi connectivity index (χ4v) is 3.49. The van der Waals surface area contributed by atoms with Crippen LogP contribution in [0.2, 0.25) is 0 Å². The molecule has 0 aromatic carbocycles. The van der Waals surface area contributed by atoms with Gasteiger partial charge in [0.2, 0.25) is 0 Å². The molecule has 0 radical (unpaired) electrons. The molecule has 0 amide bonds. The zero-order valence-electron chi connectivity index (χ0n) is 10.1. The molecule has 1 saturated heterocycles. The molecule has 0 aromatic rings. The molecule has 2 N–H and O–H groups in total. The quantitative estimate of drug-likeness (QED) is 0.754. The second-order valence-corrected chi connectivity index (χ2v) is 6.16. The standard InChI is InChI=1S/C12H23NO2S/c1-10(13)4-7-16-9-11-8-14-12(15-11)5-2-3-6-12/h10-11H,2-9,13H2,1H3. The van der Waals surface area contributed by atoms with Crippen molar-refractivity contribution in [2.75, 3.05) is 18.1 Å². The number of ether oxygens (including phenoxy) is 2. The van der Waals surface area contributed by atoms with E-state index in [1.807, 2.05) is 11.8 Å². The molecule has 0 aromatic heterocycles. The Morgan fingerprint density at radius 2 is 2.19 bits per heavy atom. The molecule has 1 heterocycles. The van der Waals surface area contributed by atoms with Crippen molar-refractivity contribution < 1.29 is 9.47 Å². The first-order chi connectivity index (χ1) is 7.70. The van der Waals surface area contributed by atoms with Gasteiger partial charge in [-0.05, 0) is 31.9 Å². The Morgan fingerprint density at radius 1 is 1.44 bits per heavy atom. The van der Waals surface area contributed by atoms with Gasteiger partial charge in [-0.25, -0.2) is 0 Å². The maximum absolute atomic E-state index is 6.04. The summed E-state index contributed by atoms with van der Waals surface area (Å²) in [5.41, 5.74) is 5.71. The zero-order chi connectivity index (χ0) is 11.4. The molecule has 94 valence electrons. The van der Waals surface area contributed by atoms with Gasteiger partial charge < -0.3 is 15.2 Å². The Labute approximate surface area is 102 Å². The van der Waals surface area contributed by atoms with Crippen LogP contribution >= 0.6 is 11.8 Å². The summed E-state index contributed by atoms with van der Waals surface area (Å²) in [5.74, 6) is 1.99. The third-order valence-electron chi connectivity index (χ3n) is 3.30.